The molecule has 4 rings (SSSR count). The lowest BCUT2D eigenvalue weighted by atomic mass is 9.82. The van der Waals surface area contributed by atoms with Gasteiger partial charge in [0.1, 0.15) is 5.69 Å². The summed E-state index contributed by atoms with van der Waals surface area (Å²) in [7, 11) is -0.387. The monoisotopic (exact) mass is 553 g/mol. The lowest BCUT2D eigenvalue weighted by molar-refractivity contribution is 0.0835. The Morgan fingerprint density at radius 2 is 1.97 bits per heavy atom. The van der Waals surface area contributed by atoms with Gasteiger partial charge in [0, 0.05) is 31.0 Å². The molecule has 12 heteroatoms. The smallest absolute Gasteiger partial charge is 0.280 e. The second-order valence-electron chi connectivity index (χ2n) is 8.89. The summed E-state index contributed by atoms with van der Waals surface area (Å²) in [5.41, 5.74) is 1.47. The second-order valence-corrected chi connectivity index (χ2v) is 11.4. The molecule has 1 unspecified atom stereocenters. The van der Waals surface area contributed by atoms with E-state index in [1.54, 1.807) is 55.1 Å². The fraction of sp³-hybridized carbons (Fsp3) is 0.375. The molecule has 4 N–H and O–H groups in total. The Labute approximate surface area is 220 Å². The summed E-state index contributed by atoms with van der Waals surface area (Å²) < 4.78 is 31.5. The molecule has 36 heavy (non-hydrogen) atoms. The molecular weight excluding hydrogens is 525 g/mol. The van der Waals surface area contributed by atoms with Gasteiger partial charge in [-0.2, -0.15) is 17.4 Å². The summed E-state index contributed by atoms with van der Waals surface area (Å²) in [6.45, 7) is 0.255. The number of aliphatic hydroxyl groups is 1. The number of aryl methyl sites for hydroxylation is 1. The zero-order chi connectivity index (χ0) is 26.1. The number of aliphatic hydroxyl groups excluding tert-OH is 1. The van der Waals surface area contributed by atoms with E-state index in [4.69, 9.17) is 23.2 Å². The van der Waals surface area contributed by atoms with Crippen molar-refractivity contribution in [1.29, 1.82) is 0 Å². The van der Waals surface area contributed by atoms with Crippen LogP contribution in [0.2, 0.25) is 10.0 Å². The van der Waals surface area contributed by atoms with Crippen molar-refractivity contribution in [3.63, 3.8) is 0 Å². The van der Waals surface area contributed by atoms with Gasteiger partial charge < -0.3 is 20.3 Å². The zero-order valence-corrected chi connectivity index (χ0v) is 22.3. The SMILES string of the molecule is CNCNS(=O)(=O)N1CCCC(NC(=O)c2cc3c(Cl)c(Cl)ccc3n2C)(c2cccc(CO)c2)C1. The predicted molar refractivity (Wildman–Crippen MR) is 141 cm³/mol. The maximum absolute atomic E-state index is 13.7. The van der Waals surface area contributed by atoms with Gasteiger partial charge in [-0.15, -0.1) is 0 Å². The molecule has 0 aliphatic carbocycles. The van der Waals surface area contributed by atoms with Gasteiger partial charge in [0.15, 0.2) is 0 Å². The van der Waals surface area contributed by atoms with Crippen LogP contribution in [0.25, 0.3) is 10.9 Å². The summed E-state index contributed by atoms with van der Waals surface area (Å²) >= 11 is 12.6. The maximum Gasteiger partial charge on any atom is 0.280 e. The van der Waals surface area contributed by atoms with Crippen molar-refractivity contribution >= 4 is 50.2 Å². The number of benzene rings is 2. The lowest BCUT2D eigenvalue weighted by Gasteiger charge is -2.43. The summed E-state index contributed by atoms with van der Waals surface area (Å²) in [5.74, 6) is -0.377. The molecule has 2 heterocycles. The predicted octanol–water partition coefficient (Wildman–Crippen LogP) is 2.71. The van der Waals surface area contributed by atoms with E-state index >= 15 is 0 Å². The Morgan fingerprint density at radius 3 is 2.69 bits per heavy atom. The van der Waals surface area contributed by atoms with Crippen molar-refractivity contribution in [2.75, 3.05) is 26.8 Å². The van der Waals surface area contributed by atoms with E-state index in [2.05, 4.69) is 15.4 Å². The van der Waals surface area contributed by atoms with Crippen LogP contribution in [0.15, 0.2) is 42.5 Å². The molecule has 1 atom stereocenters. The first-order chi connectivity index (χ1) is 17.1. The minimum absolute atomic E-state index is 0.0309. The Hall–Kier alpha value is -2.18. The van der Waals surface area contributed by atoms with Gasteiger partial charge in [0.05, 0.1) is 28.9 Å². The van der Waals surface area contributed by atoms with Gasteiger partial charge in [-0.05, 0) is 49.2 Å². The highest BCUT2D eigenvalue weighted by Gasteiger charge is 2.42. The highest BCUT2D eigenvalue weighted by atomic mass is 35.5. The normalized spacial score (nSPS) is 19.0. The van der Waals surface area contributed by atoms with E-state index < -0.39 is 15.7 Å². The second kappa shape index (κ2) is 10.7. The molecule has 0 spiro atoms. The number of hydrogen-bond acceptors (Lipinski definition) is 5. The van der Waals surface area contributed by atoms with Crippen molar-refractivity contribution < 1.29 is 18.3 Å². The fourth-order valence-electron chi connectivity index (χ4n) is 4.70. The van der Waals surface area contributed by atoms with Crippen molar-refractivity contribution in [1.82, 2.24) is 24.2 Å². The number of nitrogens with one attached hydrogen (secondary N) is 3. The molecule has 2 aromatic carbocycles. The Morgan fingerprint density at radius 1 is 1.19 bits per heavy atom. The number of fused-ring (bicyclic) bond motifs is 1. The molecule has 194 valence electrons. The number of aromatic nitrogens is 1. The van der Waals surface area contributed by atoms with E-state index in [0.29, 0.717) is 46.1 Å². The first kappa shape index (κ1) is 26.9. The minimum atomic E-state index is -3.80. The average Bonchev–Trinajstić information content (AvgIpc) is 3.22. The standard InChI is InChI=1S/C24H29Cl2N5O4S/c1-27-15-28-36(34,35)31-10-4-9-24(14-31,17-6-3-5-16(11-17)13-32)29-23(33)21-12-18-20(30(21)2)8-7-19(25)22(18)26/h3,5-8,11-12,27-28,32H,4,9-10,13-15H2,1-2H3,(H,29,33). The number of carbonyl (C=O) groups excluding carboxylic acids is 1. The summed E-state index contributed by atoms with van der Waals surface area (Å²) in [4.78, 5) is 13.7. The molecule has 9 nitrogen and oxygen atoms in total. The number of halogens is 2. The molecule has 1 aliphatic rings. The van der Waals surface area contributed by atoms with Crippen LogP contribution in [0.4, 0.5) is 0 Å². The first-order valence-corrected chi connectivity index (χ1v) is 13.7. The van der Waals surface area contributed by atoms with Crippen LogP contribution in [-0.2, 0) is 29.4 Å². The van der Waals surface area contributed by atoms with Crippen molar-refractivity contribution in [3.05, 3.63) is 69.3 Å². The number of piperidine rings is 1. The van der Waals surface area contributed by atoms with Gasteiger partial charge in [-0.25, -0.2) is 0 Å². The van der Waals surface area contributed by atoms with Crippen LogP contribution < -0.4 is 15.4 Å². The van der Waals surface area contributed by atoms with E-state index in [1.807, 2.05) is 6.07 Å². The van der Waals surface area contributed by atoms with Gasteiger partial charge in [-0.3, -0.25) is 4.79 Å². The quantitative estimate of drug-likeness (QED) is 0.320. The number of carbonyl (C=O) groups is 1. The van der Waals surface area contributed by atoms with E-state index in [1.165, 1.54) is 4.31 Å². The lowest BCUT2D eigenvalue weighted by Crippen LogP contribution is -2.59. The van der Waals surface area contributed by atoms with Crippen LogP contribution in [-0.4, -0.2) is 55.1 Å². The van der Waals surface area contributed by atoms with E-state index in [-0.39, 0.29) is 25.7 Å². The molecule has 0 radical (unpaired) electrons. The number of amides is 1. The van der Waals surface area contributed by atoms with E-state index in [0.717, 1.165) is 11.1 Å². The molecule has 1 amide bonds. The molecule has 1 fully saturated rings. The van der Waals surface area contributed by atoms with Crippen LogP contribution >= 0.6 is 23.2 Å². The third-order valence-electron chi connectivity index (χ3n) is 6.59. The number of rotatable bonds is 8. The summed E-state index contributed by atoms with van der Waals surface area (Å²) in [6.07, 6.45) is 1.04. The summed E-state index contributed by atoms with van der Waals surface area (Å²) in [6, 6.07) is 12.4. The van der Waals surface area contributed by atoms with E-state index in [9.17, 15) is 18.3 Å². The third kappa shape index (κ3) is 5.12. The number of hydrogen-bond donors (Lipinski definition) is 4. The largest absolute Gasteiger partial charge is 0.392 e. The van der Waals surface area contributed by atoms with Crippen LogP contribution in [0.5, 0.6) is 0 Å². The van der Waals surface area contributed by atoms with Gasteiger partial charge in [0.25, 0.3) is 16.1 Å². The molecule has 1 aromatic heterocycles. The zero-order valence-electron chi connectivity index (χ0n) is 20.0. The number of nitrogens with zero attached hydrogens (tertiary/aromatic N) is 2. The van der Waals surface area contributed by atoms with Gasteiger partial charge in [-0.1, -0.05) is 47.5 Å². The van der Waals surface area contributed by atoms with Gasteiger partial charge in [0.2, 0.25) is 0 Å². The first-order valence-electron chi connectivity index (χ1n) is 11.5. The van der Waals surface area contributed by atoms with Crippen molar-refractivity contribution in [2.24, 2.45) is 7.05 Å². The maximum atomic E-state index is 13.7. The van der Waals surface area contributed by atoms with Crippen molar-refractivity contribution in [3.8, 4) is 0 Å². The molecule has 0 bridgehead atoms. The van der Waals surface area contributed by atoms with Crippen molar-refractivity contribution in [2.45, 2.75) is 25.0 Å². The summed E-state index contributed by atoms with van der Waals surface area (Å²) in [5, 5.41) is 17.0. The Bertz CT molecular complexity index is 1390. The Balaban J connectivity index is 1.76. The molecular formula is C24H29Cl2N5O4S. The topological polar surface area (TPSA) is 116 Å². The highest BCUT2D eigenvalue weighted by molar-refractivity contribution is 7.87. The Kier molecular flexibility index (Phi) is 7.96. The van der Waals surface area contributed by atoms with Crippen LogP contribution in [0.1, 0.15) is 34.5 Å². The molecule has 3 aromatic rings. The van der Waals surface area contributed by atoms with Gasteiger partial charge >= 0.3 is 0 Å². The molecule has 0 saturated carbocycles. The van der Waals surface area contributed by atoms with Crippen LogP contribution in [0, 0.1) is 0 Å². The highest BCUT2D eigenvalue weighted by Crippen LogP contribution is 2.35. The molecule has 1 saturated heterocycles. The minimum Gasteiger partial charge on any atom is -0.392 e. The molecule has 1 aliphatic heterocycles. The third-order valence-corrected chi connectivity index (χ3v) is 8.91. The average molecular weight is 555 g/mol. The van der Waals surface area contributed by atoms with Crippen LogP contribution in [0.3, 0.4) is 0 Å². The fourth-order valence-corrected chi connectivity index (χ4v) is 6.35.